The highest BCUT2D eigenvalue weighted by Crippen LogP contribution is 2.39. The van der Waals surface area contributed by atoms with Gasteiger partial charge in [0.05, 0.1) is 94.0 Å². The lowest BCUT2D eigenvalue weighted by Crippen LogP contribution is -2.16. The Balaban J connectivity index is 1.68. The minimum absolute atomic E-state index is 0.00332. The molecule has 0 amide bonds. The monoisotopic (exact) mass is 580 g/mol. The molecule has 1 N–H and O–H groups in total. The standard InChI is InChI=1S/C29H40O12/c1-33-24-6-4-22(5-7-24)27(31)28(32)23-20-25(34-2)29(26(21-23)35-3)41-19-18-40-17-16-39-15-14-38-13-12-37-11-10-36-9-8-30/h4-7,20-21,30H,8-19H2,1-3H3. The number of benzene rings is 2. The summed E-state index contributed by atoms with van der Waals surface area (Å²) >= 11 is 0. The first-order chi connectivity index (χ1) is 20.0. The van der Waals surface area contributed by atoms with Gasteiger partial charge in [-0.15, -0.1) is 0 Å². The molecular formula is C29H40O12. The molecule has 0 aromatic heterocycles. The van der Waals surface area contributed by atoms with E-state index in [1.165, 1.54) is 45.6 Å². The smallest absolute Gasteiger partial charge is 0.233 e. The maximum atomic E-state index is 12.9. The molecule has 2 aromatic carbocycles. The Morgan fingerprint density at radius 3 is 1.39 bits per heavy atom. The van der Waals surface area contributed by atoms with Gasteiger partial charge in [0.25, 0.3) is 0 Å². The van der Waals surface area contributed by atoms with Gasteiger partial charge in [0.2, 0.25) is 17.3 Å². The minimum Gasteiger partial charge on any atom is -0.497 e. The summed E-state index contributed by atoms with van der Waals surface area (Å²) in [6.45, 7) is 4.24. The summed E-state index contributed by atoms with van der Waals surface area (Å²) in [4.78, 5) is 25.6. The second kappa shape index (κ2) is 20.6. The van der Waals surface area contributed by atoms with E-state index in [4.69, 9.17) is 47.7 Å². The van der Waals surface area contributed by atoms with Crippen molar-refractivity contribution in [3.05, 3.63) is 47.5 Å². The maximum Gasteiger partial charge on any atom is 0.233 e. The van der Waals surface area contributed by atoms with E-state index in [9.17, 15) is 9.59 Å². The second-order valence-corrected chi connectivity index (χ2v) is 8.23. The molecule has 2 rings (SSSR count). The Kier molecular flexibility index (Phi) is 17.0. The summed E-state index contributed by atoms with van der Waals surface area (Å²) in [7, 11) is 4.38. The SMILES string of the molecule is COc1ccc(C(=O)C(=O)c2cc(OC)c(OCCOCCOCCOCCOCCOCCO)c(OC)c2)cc1. The van der Waals surface area contributed by atoms with Crippen molar-refractivity contribution in [2.75, 3.05) is 101 Å². The number of ketones is 2. The number of methoxy groups -OCH3 is 3. The number of carbonyl (C=O) groups is 2. The van der Waals surface area contributed by atoms with E-state index in [0.717, 1.165) is 0 Å². The molecule has 0 saturated carbocycles. The molecule has 0 atom stereocenters. The highest BCUT2D eigenvalue weighted by Gasteiger charge is 2.23. The summed E-state index contributed by atoms with van der Waals surface area (Å²) in [6, 6.07) is 9.17. The van der Waals surface area contributed by atoms with Crippen LogP contribution in [-0.2, 0) is 23.7 Å². The average Bonchev–Trinajstić information content (AvgIpc) is 3.01. The highest BCUT2D eigenvalue weighted by molar-refractivity contribution is 6.49. The van der Waals surface area contributed by atoms with Crippen molar-refractivity contribution in [2.24, 2.45) is 0 Å². The predicted molar refractivity (Wildman–Crippen MR) is 148 cm³/mol. The number of Topliss-reactive ketones (excluding diaryl/α,β-unsaturated/α-hetero) is 2. The first-order valence-corrected chi connectivity index (χ1v) is 13.2. The third kappa shape index (κ3) is 12.4. The molecule has 0 saturated heterocycles. The molecule has 12 nitrogen and oxygen atoms in total. The Hall–Kier alpha value is -3.26. The second-order valence-electron chi connectivity index (χ2n) is 8.23. The number of carbonyl (C=O) groups excluding carboxylic acids is 2. The lowest BCUT2D eigenvalue weighted by atomic mass is 10.0. The van der Waals surface area contributed by atoms with Gasteiger partial charge in [0.15, 0.2) is 11.5 Å². The molecule has 0 aliphatic heterocycles. The molecular weight excluding hydrogens is 540 g/mol. The van der Waals surface area contributed by atoms with Crippen molar-refractivity contribution in [3.8, 4) is 23.0 Å². The van der Waals surface area contributed by atoms with Crippen molar-refractivity contribution in [3.63, 3.8) is 0 Å². The molecule has 12 heteroatoms. The molecule has 0 spiro atoms. The molecule has 0 heterocycles. The Bertz CT molecular complexity index is 1000. The van der Waals surface area contributed by atoms with Gasteiger partial charge in [0.1, 0.15) is 12.4 Å². The van der Waals surface area contributed by atoms with Crippen molar-refractivity contribution >= 4 is 11.6 Å². The molecule has 0 fully saturated rings. The van der Waals surface area contributed by atoms with Crippen LogP contribution >= 0.6 is 0 Å². The van der Waals surface area contributed by atoms with Crippen molar-refractivity contribution in [1.29, 1.82) is 0 Å². The molecule has 41 heavy (non-hydrogen) atoms. The average molecular weight is 581 g/mol. The lowest BCUT2D eigenvalue weighted by molar-refractivity contribution is -0.0147. The zero-order valence-corrected chi connectivity index (χ0v) is 23.9. The molecule has 0 bridgehead atoms. The van der Waals surface area contributed by atoms with E-state index in [1.54, 1.807) is 12.1 Å². The van der Waals surface area contributed by atoms with Crippen LogP contribution in [0.15, 0.2) is 36.4 Å². The van der Waals surface area contributed by atoms with Crippen LogP contribution in [0.5, 0.6) is 23.0 Å². The molecule has 0 radical (unpaired) electrons. The summed E-state index contributed by atoms with van der Waals surface area (Å²) < 4.78 is 48.5. The van der Waals surface area contributed by atoms with Gasteiger partial charge in [-0.1, -0.05) is 0 Å². The topological polar surface area (TPSA) is 137 Å². The molecule has 2 aromatic rings. The summed E-state index contributed by atoms with van der Waals surface area (Å²) in [6.07, 6.45) is 0. The number of aliphatic hydroxyl groups excluding tert-OH is 1. The third-order valence-corrected chi connectivity index (χ3v) is 5.48. The van der Waals surface area contributed by atoms with Crippen LogP contribution in [0.2, 0.25) is 0 Å². The largest absolute Gasteiger partial charge is 0.497 e. The Morgan fingerprint density at radius 2 is 0.976 bits per heavy atom. The Labute approximate surface area is 240 Å². The number of hydrogen-bond donors (Lipinski definition) is 1. The van der Waals surface area contributed by atoms with Crippen LogP contribution in [0.1, 0.15) is 20.7 Å². The molecule has 0 aliphatic rings. The van der Waals surface area contributed by atoms with Crippen molar-refractivity contribution in [2.45, 2.75) is 0 Å². The molecule has 0 aliphatic carbocycles. The van der Waals surface area contributed by atoms with Crippen LogP contribution < -0.4 is 18.9 Å². The summed E-state index contributed by atoms with van der Waals surface area (Å²) in [5.41, 5.74) is 0.353. The summed E-state index contributed by atoms with van der Waals surface area (Å²) in [5, 5.41) is 8.59. The zero-order valence-electron chi connectivity index (χ0n) is 23.9. The van der Waals surface area contributed by atoms with Crippen LogP contribution in [0.4, 0.5) is 0 Å². The van der Waals surface area contributed by atoms with E-state index in [0.29, 0.717) is 71.0 Å². The highest BCUT2D eigenvalue weighted by atomic mass is 16.6. The third-order valence-electron chi connectivity index (χ3n) is 5.48. The van der Waals surface area contributed by atoms with Crippen LogP contribution in [-0.4, -0.2) is 117 Å². The van der Waals surface area contributed by atoms with E-state index < -0.39 is 11.6 Å². The van der Waals surface area contributed by atoms with Gasteiger partial charge in [-0.2, -0.15) is 0 Å². The van der Waals surface area contributed by atoms with Gasteiger partial charge in [-0.3, -0.25) is 9.59 Å². The number of aliphatic hydroxyl groups is 1. The predicted octanol–water partition coefficient (Wildman–Crippen LogP) is 2.23. The van der Waals surface area contributed by atoms with Crippen molar-refractivity contribution < 1.29 is 57.3 Å². The number of ether oxygens (including phenoxy) is 9. The minimum atomic E-state index is -0.708. The normalized spacial score (nSPS) is 10.8. The summed E-state index contributed by atoms with van der Waals surface area (Å²) in [5.74, 6) is -0.00354. The first-order valence-electron chi connectivity index (χ1n) is 13.2. The fourth-order valence-electron chi connectivity index (χ4n) is 3.41. The molecule has 0 unspecified atom stereocenters. The van der Waals surface area contributed by atoms with Crippen molar-refractivity contribution in [1.82, 2.24) is 0 Å². The van der Waals surface area contributed by atoms with Gasteiger partial charge < -0.3 is 47.7 Å². The van der Waals surface area contributed by atoms with Crippen LogP contribution in [0.25, 0.3) is 0 Å². The van der Waals surface area contributed by atoms with Gasteiger partial charge in [0, 0.05) is 11.1 Å². The quantitative estimate of drug-likeness (QED) is 0.111. The van der Waals surface area contributed by atoms with Gasteiger partial charge in [-0.05, 0) is 36.4 Å². The van der Waals surface area contributed by atoms with E-state index in [1.807, 2.05) is 0 Å². The van der Waals surface area contributed by atoms with E-state index in [2.05, 4.69) is 0 Å². The van der Waals surface area contributed by atoms with Crippen LogP contribution in [0, 0.1) is 0 Å². The Morgan fingerprint density at radius 1 is 0.561 bits per heavy atom. The first kappa shape index (κ1) is 33.9. The zero-order chi connectivity index (χ0) is 29.7. The van der Waals surface area contributed by atoms with Gasteiger partial charge >= 0.3 is 0 Å². The number of hydrogen-bond acceptors (Lipinski definition) is 12. The molecule has 228 valence electrons. The van der Waals surface area contributed by atoms with E-state index >= 15 is 0 Å². The maximum absolute atomic E-state index is 12.9. The fraction of sp³-hybridized carbons (Fsp3) is 0.517. The van der Waals surface area contributed by atoms with E-state index in [-0.39, 0.29) is 42.4 Å². The van der Waals surface area contributed by atoms with Crippen LogP contribution in [0.3, 0.4) is 0 Å². The number of rotatable bonds is 24. The fourth-order valence-corrected chi connectivity index (χ4v) is 3.41. The lowest BCUT2D eigenvalue weighted by Gasteiger charge is -2.16. The van der Waals surface area contributed by atoms with Gasteiger partial charge in [-0.25, -0.2) is 0 Å².